The molecule has 22 heavy (non-hydrogen) atoms. The second kappa shape index (κ2) is 8.91. The summed E-state index contributed by atoms with van der Waals surface area (Å²) in [6.45, 7) is 6.37. The minimum Gasteiger partial charge on any atom is -0.336 e. The normalized spacial score (nSPS) is 15.0. The van der Waals surface area contributed by atoms with E-state index in [1.54, 1.807) is 24.3 Å². The summed E-state index contributed by atoms with van der Waals surface area (Å²) in [4.78, 5) is 26.0. The van der Waals surface area contributed by atoms with Gasteiger partial charge in [-0.1, -0.05) is 19.1 Å². The van der Waals surface area contributed by atoms with E-state index in [9.17, 15) is 9.59 Å². The summed E-state index contributed by atoms with van der Waals surface area (Å²) in [6, 6.07) is 7.33. The third-order valence-electron chi connectivity index (χ3n) is 4.01. The van der Waals surface area contributed by atoms with Crippen LogP contribution in [0.2, 0.25) is 0 Å². The Labute approximate surface area is 138 Å². The fourth-order valence-corrected chi connectivity index (χ4v) is 2.82. The van der Waals surface area contributed by atoms with Crippen molar-refractivity contribution in [1.82, 2.24) is 10.2 Å². The molecule has 1 aliphatic rings. The molecule has 4 nitrogen and oxygen atoms in total. The second-order valence-electron chi connectivity index (χ2n) is 5.61. The molecule has 1 fully saturated rings. The first-order valence-electron chi connectivity index (χ1n) is 7.76. The molecule has 0 atom stereocenters. The number of piperidine rings is 1. The molecule has 0 spiro atoms. The number of Topliss-reactive ketones (excluding diaryl/α,β-unsaturated/α-hetero) is 1. The number of carbonyl (C=O) groups excluding carboxylic acids is 2. The van der Waals surface area contributed by atoms with E-state index < -0.39 is 0 Å². The van der Waals surface area contributed by atoms with Crippen LogP contribution in [0.4, 0.5) is 0 Å². The van der Waals surface area contributed by atoms with Crippen LogP contribution in [0.25, 0.3) is 0 Å². The van der Waals surface area contributed by atoms with E-state index in [1.165, 1.54) is 6.92 Å². The van der Waals surface area contributed by atoms with Crippen LogP contribution < -0.4 is 5.32 Å². The molecule has 2 rings (SSSR count). The zero-order chi connectivity index (χ0) is 15.2. The fraction of sp³-hybridized carbons (Fsp3) is 0.529. The molecule has 1 amide bonds. The van der Waals surface area contributed by atoms with Gasteiger partial charge >= 0.3 is 0 Å². The number of ketones is 1. The van der Waals surface area contributed by atoms with E-state index >= 15 is 0 Å². The molecule has 1 aliphatic heterocycles. The smallest absolute Gasteiger partial charge is 0.254 e. The average molecular weight is 325 g/mol. The van der Waals surface area contributed by atoms with Gasteiger partial charge in [-0.2, -0.15) is 0 Å². The number of benzene rings is 1. The fourth-order valence-electron chi connectivity index (χ4n) is 2.82. The minimum atomic E-state index is 0. The summed E-state index contributed by atoms with van der Waals surface area (Å²) in [7, 11) is 0. The Hall–Kier alpha value is -1.39. The molecule has 0 aliphatic carbocycles. The maximum atomic E-state index is 12.7. The third-order valence-corrected chi connectivity index (χ3v) is 4.01. The van der Waals surface area contributed by atoms with Crippen molar-refractivity contribution in [3.05, 3.63) is 35.4 Å². The summed E-state index contributed by atoms with van der Waals surface area (Å²) < 4.78 is 0. The van der Waals surface area contributed by atoms with Crippen LogP contribution in [0.5, 0.6) is 0 Å². The Kier molecular flexibility index (Phi) is 7.56. The zero-order valence-corrected chi connectivity index (χ0v) is 14.1. The molecule has 0 unspecified atom stereocenters. The molecule has 0 radical (unpaired) electrons. The average Bonchev–Trinajstić information content (AvgIpc) is 2.53. The van der Waals surface area contributed by atoms with Gasteiger partial charge < -0.3 is 10.2 Å². The Morgan fingerprint density at radius 3 is 2.18 bits per heavy atom. The highest BCUT2D eigenvalue weighted by Gasteiger charge is 2.25. The predicted molar refractivity (Wildman–Crippen MR) is 90.9 cm³/mol. The van der Waals surface area contributed by atoms with Crippen LogP contribution in [0.3, 0.4) is 0 Å². The van der Waals surface area contributed by atoms with Gasteiger partial charge in [0.05, 0.1) is 0 Å². The van der Waals surface area contributed by atoms with Crippen LogP contribution in [0, 0.1) is 0 Å². The summed E-state index contributed by atoms with van der Waals surface area (Å²) in [6.07, 6.45) is 2.98. The number of hydrogen-bond acceptors (Lipinski definition) is 3. The van der Waals surface area contributed by atoms with E-state index in [4.69, 9.17) is 0 Å². The van der Waals surface area contributed by atoms with Crippen molar-refractivity contribution in [2.24, 2.45) is 0 Å². The summed E-state index contributed by atoms with van der Waals surface area (Å²) in [5.74, 6) is 0.108. The first-order chi connectivity index (χ1) is 10.1. The standard InChI is InChI=1S/C17H24N2O2.ClH/c1-3-12-19(16-8-10-18-11-9-16)17(21)15-6-4-14(5-7-15)13(2)20;/h4-7,16,18H,3,8-12H2,1-2H3;1H. The molecule has 1 aromatic carbocycles. The molecule has 0 bridgehead atoms. The molecule has 0 saturated carbocycles. The number of nitrogens with zero attached hydrogens (tertiary/aromatic N) is 1. The second-order valence-corrected chi connectivity index (χ2v) is 5.61. The van der Waals surface area contributed by atoms with Crippen molar-refractivity contribution in [1.29, 1.82) is 0 Å². The highest BCUT2D eigenvalue weighted by Crippen LogP contribution is 2.17. The van der Waals surface area contributed by atoms with Gasteiger partial charge in [0.25, 0.3) is 5.91 Å². The van der Waals surface area contributed by atoms with E-state index in [0.29, 0.717) is 17.2 Å². The third kappa shape index (κ3) is 4.55. The maximum absolute atomic E-state index is 12.7. The minimum absolute atomic E-state index is 0. The number of amides is 1. The van der Waals surface area contributed by atoms with E-state index in [-0.39, 0.29) is 24.1 Å². The molecule has 1 saturated heterocycles. The molecule has 0 aromatic heterocycles. The largest absolute Gasteiger partial charge is 0.336 e. The summed E-state index contributed by atoms with van der Waals surface area (Å²) >= 11 is 0. The van der Waals surface area contributed by atoms with E-state index in [1.807, 2.05) is 4.90 Å². The molecule has 1 N–H and O–H groups in total. The monoisotopic (exact) mass is 324 g/mol. The highest BCUT2D eigenvalue weighted by molar-refractivity contribution is 5.97. The molecular formula is C17H25ClN2O2. The Morgan fingerprint density at radius 1 is 1.14 bits per heavy atom. The van der Waals surface area contributed by atoms with Crippen LogP contribution in [0.1, 0.15) is 53.8 Å². The van der Waals surface area contributed by atoms with Crippen LogP contribution in [-0.4, -0.2) is 42.3 Å². The quantitative estimate of drug-likeness (QED) is 0.847. The van der Waals surface area contributed by atoms with E-state index in [2.05, 4.69) is 12.2 Å². The van der Waals surface area contributed by atoms with Crippen LogP contribution >= 0.6 is 12.4 Å². The summed E-state index contributed by atoms with van der Waals surface area (Å²) in [5.41, 5.74) is 1.32. The van der Waals surface area contributed by atoms with E-state index in [0.717, 1.165) is 38.9 Å². The lowest BCUT2D eigenvalue weighted by Crippen LogP contribution is -2.46. The van der Waals surface area contributed by atoms with Gasteiger partial charge in [-0.3, -0.25) is 9.59 Å². The lowest BCUT2D eigenvalue weighted by Gasteiger charge is -2.34. The first kappa shape index (κ1) is 18.7. The molecule has 122 valence electrons. The van der Waals surface area contributed by atoms with Crippen molar-refractivity contribution in [3.8, 4) is 0 Å². The van der Waals surface area contributed by atoms with Gasteiger partial charge in [0.2, 0.25) is 0 Å². The lowest BCUT2D eigenvalue weighted by molar-refractivity contribution is 0.0642. The van der Waals surface area contributed by atoms with Crippen molar-refractivity contribution in [3.63, 3.8) is 0 Å². The van der Waals surface area contributed by atoms with Crippen LogP contribution in [0.15, 0.2) is 24.3 Å². The number of carbonyl (C=O) groups is 2. The highest BCUT2D eigenvalue weighted by atomic mass is 35.5. The Balaban J connectivity index is 0.00000242. The van der Waals surface area contributed by atoms with Gasteiger partial charge in [-0.05, 0) is 51.4 Å². The van der Waals surface area contributed by atoms with Gasteiger partial charge in [0.15, 0.2) is 5.78 Å². The van der Waals surface area contributed by atoms with Crippen LogP contribution in [-0.2, 0) is 0 Å². The van der Waals surface area contributed by atoms with Crippen molar-refractivity contribution < 1.29 is 9.59 Å². The maximum Gasteiger partial charge on any atom is 0.254 e. The zero-order valence-electron chi connectivity index (χ0n) is 13.3. The Morgan fingerprint density at radius 2 is 1.68 bits per heavy atom. The molecule has 1 heterocycles. The molecule has 5 heteroatoms. The topological polar surface area (TPSA) is 49.4 Å². The molecule has 1 aromatic rings. The predicted octanol–water partition coefficient (Wildman–Crippen LogP) is 2.92. The van der Waals surface area contributed by atoms with Crippen molar-refractivity contribution in [2.45, 2.75) is 39.2 Å². The first-order valence-corrected chi connectivity index (χ1v) is 7.76. The van der Waals surface area contributed by atoms with Crippen molar-refractivity contribution in [2.75, 3.05) is 19.6 Å². The number of halogens is 1. The van der Waals surface area contributed by atoms with Gasteiger partial charge in [-0.15, -0.1) is 12.4 Å². The SMILES string of the molecule is CCCN(C(=O)c1ccc(C(C)=O)cc1)C1CCNCC1.Cl. The summed E-state index contributed by atoms with van der Waals surface area (Å²) in [5, 5.41) is 3.33. The van der Waals surface area contributed by atoms with Gasteiger partial charge in [-0.25, -0.2) is 0 Å². The van der Waals surface area contributed by atoms with Gasteiger partial charge in [0, 0.05) is 23.7 Å². The lowest BCUT2D eigenvalue weighted by atomic mass is 10.0. The number of hydrogen-bond donors (Lipinski definition) is 1. The molecular weight excluding hydrogens is 300 g/mol. The van der Waals surface area contributed by atoms with Gasteiger partial charge in [0.1, 0.15) is 0 Å². The van der Waals surface area contributed by atoms with Crippen molar-refractivity contribution >= 4 is 24.1 Å². The Bertz CT molecular complexity index is 496. The number of rotatable bonds is 5. The number of nitrogens with one attached hydrogen (secondary N) is 1.